The summed E-state index contributed by atoms with van der Waals surface area (Å²) >= 11 is 0. The third kappa shape index (κ3) is 2.99. The second-order valence-corrected chi connectivity index (χ2v) is 5.76. The van der Waals surface area contributed by atoms with Crippen molar-refractivity contribution < 1.29 is 14.9 Å². The van der Waals surface area contributed by atoms with Gasteiger partial charge in [0.25, 0.3) is 0 Å². The SMILES string of the molecule is Cc1ccccc1C(CO)(CO)CC1CCC(C)O1. The van der Waals surface area contributed by atoms with Crippen LogP contribution in [0.1, 0.15) is 37.3 Å². The van der Waals surface area contributed by atoms with Crippen LogP contribution in [0.3, 0.4) is 0 Å². The van der Waals surface area contributed by atoms with Crippen LogP contribution < -0.4 is 0 Å². The Morgan fingerprint density at radius 2 is 1.89 bits per heavy atom. The highest BCUT2D eigenvalue weighted by Gasteiger charge is 2.37. The van der Waals surface area contributed by atoms with Crippen molar-refractivity contribution in [1.82, 2.24) is 0 Å². The van der Waals surface area contributed by atoms with Gasteiger partial charge < -0.3 is 14.9 Å². The number of hydrogen-bond donors (Lipinski definition) is 2. The molecule has 3 heteroatoms. The van der Waals surface area contributed by atoms with E-state index in [0.29, 0.717) is 6.42 Å². The molecule has 0 spiro atoms. The van der Waals surface area contributed by atoms with E-state index in [-0.39, 0.29) is 25.4 Å². The molecule has 0 radical (unpaired) electrons. The number of aliphatic hydroxyl groups is 2. The molecule has 2 atom stereocenters. The van der Waals surface area contributed by atoms with Gasteiger partial charge in [0.2, 0.25) is 0 Å². The first kappa shape index (κ1) is 14.5. The van der Waals surface area contributed by atoms with Gasteiger partial charge in [-0.25, -0.2) is 0 Å². The van der Waals surface area contributed by atoms with Crippen molar-refractivity contribution in [3.63, 3.8) is 0 Å². The number of rotatable bonds is 5. The Balaban J connectivity index is 2.25. The summed E-state index contributed by atoms with van der Waals surface area (Å²) in [6, 6.07) is 7.96. The lowest BCUT2D eigenvalue weighted by Crippen LogP contribution is -2.39. The first-order chi connectivity index (χ1) is 9.11. The zero-order valence-electron chi connectivity index (χ0n) is 11.8. The fourth-order valence-corrected chi connectivity index (χ4v) is 3.10. The van der Waals surface area contributed by atoms with Crippen molar-refractivity contribution in [1.29, 1.82) is 0 Å². The minimum Gasteiger partial charge on any atom is -0.395 e. The summed E-state index contributed by atoms with van der Waals surface area (Å²) in [4.78, 5) is 0. The Kier molecular flexibility index (Phi) is 4.61. The van der Waals surface area contributed by atoms with E-state index in [2.05, 4.69) is 6.92 Å². The molecule has 106 valence electrons. The Hall–Kier alpha value is -0.900. The van der Waals surface area contributed by atoms with Crippen LogP contribution in [-0.2, 0) is 10.2 Å². The van der Waals surface area contributed by atoms with E-state index < -0.39 is 5.41 Å². The van der Waals surface area contributed by atoms with E-state index in [1.165, 1.54) is 0 Å². The van der Waals surface area contributed by atoms with Crippen molar-refractivity contribution >= 4 is 0 Å². The van der Waals surface area contributed by atoms with Crippen LogP contribution in [0.25, 0.3) is 0 Å². The van der Waals surface area contributed by atoms with Crippen LogP contribution in [0.2, 0.25) is 0 Å². The Morgan fingerprint density at radius 3 is 2.42 bits per heavy atom. The molecule has 0 aliphatic carbocycles. The highest BCUT2D eigenvalue weighted by molar-refractivity contribution is 5.34. The maximum absolute atomic E-state index is 9.87. The molecule has 1 heterocycles. The summed E-state index contributed by atoms with van der Waals surface area (Å²) in [5, 5.41) is 19.7. The first-order valence-corrected chi connectivity index (χ1v) is 7.04. The summed E-state index contributed by atoms with van der Waals surface area (Å²) in [6.07, 6.45) is 3.17. The maximum atomic E-state index is 9.87. The molecule has 2 N–H and O–H groups in total. The first-order valence-electron chi connectivity index (χ1n) is 7.04. The lowest BCUT2D eigenvalue weighted by Gasteiger charge is -2.34. The van der Waals surface area contributed by atoms with Crippen LogP contribution >= 0.6 is 0 Å². The highest BCUT2D eigenvalue weighted by atomic mass is 16.5. The average Bonchev–Trinajstić information content (AvgIpc) is 2.82. The van der Waals surface area contributed by atoms with Crippen LogP contribution in [0.15, 0.2) is 24.3 Å². The highest BCUT2D eigenvalue weighted by Crippen LogP contribution is 2.35. The standard InChI is InChI=1S/C16H24O3/c1-12-5-3-4-6-15(12)16(10-17,11-18)9-14-8-7-13(2)19-14/h3-6,13-14,17-18H,7-11H2,1-2H3. The zero-order chi connectivity index (χ0) is 13.9. The van der Waals surface area contributed by atoms with Crippen LogP contribution in [-0.4, -0.2) is 35.6 Å². The second-order valence-electron chi connectivity index (χ2n) is 5.76. The molecule has 2 rings (SSSR count). The van der Waals surface area contributed by atoms with Gasteiger partial charge >= 0.3 is 0 Å². The summed E-state index contributed by atoms with van der Waals surface area (Å²) < 4.78 is 5.86. The van der Waals surface area contributed by atoms with E-state index in [9.17, 15) is 10.2 Å². The second kappa shape index (κ2) is 6.04. The quantitative estimate of drug-likeness (QED) is 0.857. The van der Waals surface area contributed by atoms with Crippen molar-refractivity contribution in [2.75, 3.05) is 13.2 Å². The van der Waals surface area contributed by atoms with Gasteiger partial charge in [-0.3, -0.25) is 0 Å². The third-order valence-corrected chi connectivity index (χ3v) is 4.26. The monoisotopic (exact) mass is 264 g/mol. The van der Waals surface area contributed by atoms with Gasteiger partial charge in [-0.1, -0.05) is 24.3 Å². The fourth-order valence-electron chi connectivity index (χ4n) is 3.10. The minimum absolute atomic E-state index is 0.0530. The largest absolute Gasteiger partial charge is 0.395 e. The molecule has 1 aromatic rings. The van der Waals surface area contributed by atoms with Crippen molar-refractivity contribution in [2.24, 2.45) is 0 Å². The van der Waals surface area contributed by atoms with Crippen molar-refractivity contribution in [2.45, 2.75) is 50.7 Å². The van der Waals surface area contributed by atoms with E-state index in [1.807, 2.05) is 31.2 Å². The number of hydrogen-bond acceptors (Lipinski definition) is 3. The molecule has 0 bridgehead atoms. The maximum Gasteiger partial charge on any atom is 0.0590 e. The molecule has 0 saturated carbocycles. The predicted molar refractivity (Wildman–Crippen MR) is 75.2 cm³/mol. The van der Waals surface area contributed by atoms with Crippen LogP contribution in [0.5, 0.6) is 0 Å². The van der Waals surface area contributed by atoms with Gasteiger partial charge in [-0.05, 0) is 44.2 Å². The van der Waals surface area contributed by atoms with E-state index in [1.54, 1.807) is 0 Å². The Bertz CT molecular complexity index is 412. The minimum atomic E-state index is -0.597. The fraction of sp³-hybridized carbons (Fsp3) is 0.625. The molecule has 0 amide bonds. The Labute approximate surface area is 115 Å². The molecule has 1 aromatic carbocycles. The molecule has 1 saturated heterocycles. The summed E-state index contributed by atoms with van der Waals surface area (Å²) in [7, 11) is 0. The van der Waals surface area contributed by atoms with Gasteiger partial charge in [0.1, 0.15) is 0 Å². The van der Waals surface area contributed by atoms with Crippen molar-refractivity contribution in [3.05, 3.63) is 35.4 Å². The summed E-state index contributed by atoms with van der Waals surface area (Å²) in [6.45, 7) is 3.99. The summed E-state index contributed by atoms with van der Waals surface area (Å²) in [5.41, 5.74) is 1.54. The zero-order valence-corrected chi connectivity index (χ0v) is 11.8. The molecule has 3 nitrogen and oxygen atoms in total. The van der Waals surface area contributed by atoms with Gasteiger partial charge in [-0.15, -0.1) is 0 Å². The third-order valence-electron chi connectivity index (χ3n) is 4.26. The number of aliphatic hydroxyl groups excluding tert-OH is 2. The number of aryl methyl sites for hydroxylation is 1. The van der Waals surface area contributed by atoms with Crippen LogP contribution in [0.4, 0.5) is 0 Å². The summed E-state index contributed by atoms with van der Waals surface area (Å²) in [5.74, 6) is 0. The average molecular weight is 264 g/mol. The topological polar surface area (TPSA) is 49.7 Å². The van der Waals surface area contributed by atoms with Gasteiger partial charge in [0, 0.05) is 5.41 Å². The van der Waals surface area contributed by atoms with E-state index >= 15 is 0 Å². The van der Waals surface area contributed by atoms with E-state index in [4.69, 9.17) is 4.74 Å². The molecule has 1 fully saturated rings. The lowest BCUT2D eigenvalue weighted by molar-refractivity contribution is 0.0111. The molecule has 1 aliphatic rings. The normalized spacial score (nSPS) is 23.8. The molecular formula is C16H24O3. The smallest absolute Gasteiger partial charge is 0.0590 e. The molecule has 0 aromatic heterocycles. The van der Waals surface area contributed by atoms with Crippen LogP contribution in [0, 0.1) is 6.92 Å². The van der Waals surface area contributed by atoms with Gasteiger partial charge in [0.15, 0.2) is 0 Å². The molecule has 1 aliphatic heterocycles. The lowest BCUT2D eigenvalue weighted by atomic mass is 9.75. The molecule has 2 unspecified atom stereocenters. The van der Waals surface area contributed by atoms with Gasteiger partial charge in [0.05, 0.1) is 25.4 Å². The predicted octanol–water partition coefficient (Wildman–Crippen LogP) is 2.18. The Morgan fingerprint density at radius 1 is 1.21 bits per heavy atom. The molecule has 19 heavy (non-hydrogen) atoms. The van der Waals surface area contributed by atoms with E-state index in [0.717, 1.165) is 24.0 Å². The van der Waals surface area contributed by atoms with Gasteiger partial charge in [-0.2, -0.15) is 0 Å². The number of ether oxygens (including phenoxy) is 1. The van der Waals surface area contributed by atoms with Crippen molar-refractivity contribution in [3.8, 4) is 0 Å². The molecular weight excluding hydrogens is 240 g/mol. The number of benzene rings is 1.